The van der Waals surface area contributed by atoms with Crippen molar-refractivity contribution in [3.8, 4) is 0 Å². The minimum Gasteiger partial charge on any atom is -0.378 e. The zero-order valence-corrected chi connectivity index (χ0v) is 12.4. The first-order valence-electron chi connectivity index (χ1n) is 7.47. The third kappa shape index (κ3) is 3.33. The molecule has 21 heavy (non-hydrogen) atoms. The first-order chi connectivity index (χ1) is 10.3. The summed E-state index contributed by atoms with van der Waals surface area (Å²) in [6.07, 6.45) is 1.21. The highest BCUT2D eigenvalue weighted by molar-refractivity contribution is 5.44. The predicted molar refractivity (Wildman–Crippen MR) is 79.5 cm³/mol. The molecule has 1 atom stereocenters. The molecule has 2 fully saturated rings. The lowest BCUT2D eigenvalue weighted by Crippen LogP contribution is -2.43. The summed E-state index contributed by atoms with van der Waals surface area (Å²) < 4.78 is 11.0. The second-order valence-electron chi connectivity index (χ2n) is 5.24. The number of aromatic nitrogens is 3. The molecule has 116 valence electrons. The van der Waals surface area contributed by atoms with Crippen LogP contribution in [0.2, 0.25) is 0 Å². The summed E-state index contributed by atoms with van der Waals surface area (Å²) >= 11 is 0. The Bertz CT molecular complexity index is 480. The van der Waals surface area contributed by atoms with Crippen molar-refractivity contribution in [3.05, 3.63) is 0 Å². The highest BCUT2D eigenvalue weighted by atomic mass is 16.5. The van der Waals surface area contributed by atoms with E-state index in [-0.39, 0.29) is 12.1 Å². The first-order valence-corrected chi connectivity index (χ1v) is 7.47. The summed E-state index contributed by atoms with van der Waals surface area (Å²) in [6, 6.07) is 0. The van der Waals surface area contributed by atoms with Gasteiger partial charge in [-0.1, -0.05) is 6.92 Å². The van der Waals surface area contributed by atoms with Gasteiger partial charge in [0.2, 0.25) is 17.8 Å². The van der Waals surface area contributed by atoms with Gasteiger partial charge in [0.1, 0.15) is 0 Å². The molecule has 0 spiro atoms. The summed E-state index contributed by atoms with van der Waals surface area (Å²) in [5, 5.41) is 0. The Hall–Kier alpha value is -1.67. The second kappa shape index (κ2) is 6.40. The van der Waals surface area contributed by atoms with Crippen LogP contribution in [0.1, 0.15) is 13.3 Å². The van der Waals surface area contributed by atoms with Gasteiger partial charge >= 0.3 is 0 Å². The largest absolute Gasteiger partial charge is 0.378 e. The van der Waals surface area contributed by atoms with Gasteiger partial charge in [-0.3, -0.25) is 0 Å². The van der Waals surface area contributed by atoms with E-state index in [1.807, 2.05) is 0 Å². The quantitative estimate of drug-likeness (QED) is 0.827. The number of nitrogens with zero attached hydrogens (tertiary/aromatic N) is 5. The summed E-state index contributed by atoms with van der Waals surface area (Å²) in [7, 11) is 0. The van der Waals surface area contributed by atoms with Gasteiger partial charge in [0.25, 0.3) is 0 Å². The third-order valence-corrected chi connectivity index (χ3v) is 3.80. The summed E-state index contributed by atoms with van der Waals surface area (Å²) in [5.41, 5.74) is 5.86. The number of nitrogen functional groups attached to an aromatic ring is 1. The Morgan fingerprint density at radius 2 is 1.71 bits per heavy atom. The fraction of sp³-hybridized carbons (Fsp3) is 0.769. The van der Waals surface area contributed by atoms with Gasteiger partial charge in [-0.2, -0.15) is 15.0 Å². The zero-order chi connectivity index (χ0) is 14.7. The van der Waals surface area contributed by atoms with Crippen molar-refractivity contribution in [1.29, 1.82) is 0 Å². The lowest BCUT2D eigenvalue weighted by Gasteiger charge is -2.33. The fourth-order valence-electron chi connectivity index (χ4n) is 2.56. The molecule has 2 aliphatic rings. The summed E-state index contributed by atoms with van der Waals surface area (Å²) in [4.78, 5) is 17.3. The molecule has 1 aromatic rings. The zero-order valence-electron chi connectivity index (χ0n) is 12.4. The van der Waals surface area contributed by atoms with Gasteiger partial charge in [0.05, 0.1) is 25.9 Å². The van der Waals surface area contributed by atoms with E-state index in [2.05, 4.69) is 31.7 Å². The number of hydrogen-bond acceptors (Lipinski definition) is 8. The molecular formula is C13H22N6O2. The van der Waals surface area contributed by atoms with Crippen molar-refractivity contribution < 1.29 is 9.47 Å². The molecule has 0 amide bonds. The molecular weight excluding hydrogens is 272 g/mol. The molecule has 2 saturated heterocycles. The van der Waals surface area contributed by atoms with Gasteiger partial charge in [-0.05, 0) is 6.42 Å². The monoisotopic (exact) mass is 294 g/mol. The van der Waals surface area contributed by atoms with E-state index in [9.17, 15) is 0 Å². The van der Waals surface area contributed by atoms with Gasteiger partial charge in [-0.25, -0.2) is 0 Å². The molecule has 0 aromatic carbocycles. The van der Waals surface area contributed by atoms with Crippen LogP contribution in [-0.4, -0.2) is 67.1 Å². The molecule has 1 unspecified atom stereocenters. The lowest BCUT2D eigenvalue weighted by molar-refractivity contribution is 0.0379. The van der Waals surface area contributed by atoms with Crippen LogP contribution in [0.25, 0.3) is 0 Å². The number of rotatable bonds is 3. The van der Waals surface area contributed by atoms with Crippen LogP contribution >= 0.6 is 0 Å². The Balaban J connectivity index is 1.80. The van der Waals surface area contributed by atoms with Crippen LogP contribution < -0.4 is 15.5 Å². The van der Waals surface area contributed by atoms with Crippen molar-refractivity contribution in [1.82, 2.24) is 15.0 Å². The normalized spacial score (nSPS) is 23.4. The number of hydrogen-bond donors (Lipinski definition) is 1. The maximum atomic E-state index is 5.86. The Labute approximate surface area is 124 Å². The standard InChI is InChI=1S/C13H22N6O2/c1-2-10-9-19(5-8-21-10)13-16-11(14)15-12(17-13)18-3-6-20-7-4-18/h10H,2-9H2,1H3,(H2,14,15,16,17). The molecule has 8 heteroatoms. The lowest BCUT2D eigenvalue weighted by atomic mass is 10.2. The first kappa shape index (κ1) is 14.3. The smallest absolute Gasteiger partial charge is 0.232 e. The number of nitrogens with two attached hydrogens (primary N) is 1. The second-order valence-corrected chi connectivity index (χ2v) is 5.24. The SMILES string of the molecule is CCC1CN(c2nc(N)nc(N3CCOCC3)n2)CCO1. The maximum Gasteiger partial charge on any atom is 0.232 e. The van der Waals surface area contributed by atoms with E-state index in [1.54, 1.807) is 0 Å². The molecule has 0 aliphatic carbocycles. The van der Waals surface area contributed by atoms with Crippen LogP contribution in [0, 0.1) is 0 Å². The molecule has 2 aliphatic heterocycles. The minimum absolute atomic E-state index is 0.226. The Morgan fingerprint density at radius 1 is 1.05 bits per heavy atom. The highest BCUT2D eigenvalue weighted by Gasteiger charge is 2.23. The van der Waals surface area contributed by atoms with Crippen molar-refractivity contribution >= 4 is 17.8 Å². The predicted octanol–water partition coefficient (Wildman–Crippen LogP) is -0.0944. The van der Waals surface area contributed by atoms with Crippen molar-refractivity contribution in [2.45, 2.75) is 19.4 Å². The van der Waals surface area contributed by atoms with E-state index in [0.29, 0.717) is 31.7 Å². The van der Waals surface area contributed by atoms with Gasteiger partial charge in [-0.15, -0.1) is 0 Å². The van der Waals surface area contributed by atoms with Crippen molar-refractivity contribution in [2.75, 3.05) is 61.5 Å². The molecule has 0 radical (unpaired) electrons. The molecule has 3 rings (SSSR count). The molecule has 1 aromatic heterocycles. The van der Waals surface area contributed by atoms with Crippen molar-refractivity contribution in [2.24, 2.45) is 0 Å². The molecule has 3 heterocycles. The fourth-order valence-corrected chi connectivity index (χ4v) is 2.56. The minimum atomic E-state index is 0.226. The average Bonchev–Trinajstić information content (AvgIpc) is 2.55. The average molecular weight is 294 g/mol. The molecule has 0 saturated carbocycles. The van der Waals surface area contributed by atoms with E-state index in [0.717, 1.165) is 32.6 Å². The van der Waals surface area contributed by atoms with E-state index < -0.39 is 0 Å². The number of ether oxygens (including phenoxy) is 2. The molecule has 8 nitrogen and oxygen atoms in total. The molecule has 2 N–H and O–H groups in total. The number of morpholine rings is 2. The topological polar surface area (TPSA) is 89.6 Å². The highest BCUT2D eigenvalue weighted by Crippen LogP contribution is 2.19. The van der Waals surface area contributed by atoms with Crippen LogP contribution in [-0.2, 0) is 9.47 Å². The van der Waals surface area contributed by atoms with Crippen LogP contribution in [0.4, 0.5) is 17.8 Å². The van der Waals surface area contributed by atoms with Crippen LogP contribution in [0.5, 0.6) is 0 Å². The third-order valence-electron chi connectivity index (χ3n) is 3.80. The van der Waals surface area contributed by atoms with Crippen molar-refractivity contribution in [3.63, 3.8) is 0 Å². The Morgan fingerprint density at radius 3 is 2.43 bits per heavy atom. The van der Waals surface area contributed by atoms with Gasteiger partial charge < -0.3 is 25.0 Å². The number of anilines is 3. The molecule has 0 bridgehead atoms. The van der Waals surface area contributed by atoms with Gasteiger partial charge in [0.15, 0.2) is 0 Å². The Kier molecular flexibility index (Phi) is 4.35. The van der Waals surface area contributed by atoms with E-state index in [4.69, 9.17) is 15.2 Å². The van der Waals surface area contributed by atoms with Gasteiger partial charge in [0, 0.05) is 26.2 Å². The van der Waals surface area contributed by atoms with Crippen LogP contribution in [0.3, 0.4) is 0 Å². The maximum absolute atomic E-state index is 5.86. The summed E-state index contributed by atoms with van der Waals surface area (Å²) in [6.45, 7) is 7.33. The van der Waals surface area contributed by atoms with E-state index >= 15 is 0 Å². The van der Waals surface area contributed by atoms with Crippen LogP contribution in [0.15, 0.2) is 0 Å². The summed E-state index contributed by atoms with van der Waals surface area (Å²) in [5.74, 6) is 1.55. The van der Waals surface area contributed by atoms with E-state index in [1.165, 1.54) is 0 Å².